The number of hydrogen-bond acceptors (Lipinski definition) is 6. The Bertz CT molecular complexity index is 1490. The fourth-order valence-corrected chi connectivity index (χ4v) is 5.21. The predicted molar refractivity (Wildman–Crippen MR) is 120 cm³/mol. The standard InChI is InChI=1S/C23H16N4O4S/c1-2-23(18-4-3-11-25-14-18)32(30,31)26-15-21(17-7-5-16(13-24)6-8-17)20-10-9-19(27(28)29)12-22(20)26/h2-12,14-15,23H,1H2. The van der Waals surface area contributed by atoms with E-state index in [4.69, 9.17) is 5.26 Å². The molecule has 158 valence electrons. The molecule has 1 atom stereocenters. The van der Waals surface area contributed by atoms with Crippen LogP contribution in [0.25, 0.3) is 22.0 Å². The first kappa shape index (κ1) is 21.0. The van der Waals surface area contributed by atoms with Gasteiger partial charge < -0.3 is 0 Å². The Kier molecular flexibility index (Phi) is 5.30. The number of nitriles is 1. The third-order valence-corrected chi connectivity index (χ3v) is 7.07. The quantitative estimate of drug-likeness (QED) is 0.244. The highest BCUT2D eigenvalue weighted by atomic mass is 32.2. The van der Waals surface area contributed by atoms with Gasteiger partial charge in [-0.2, -0.15) is 5.26 Å². The number of non-ortho nitro benzene ring substituents is 1. The van der Waals surface area contributed by atoms with E-state index < -0.39 is 20.2 Å². The number of nitro benzene ring substituents is 1. The van der Waals surface area contributed by atoms with E-state index in [0.29, 0.717) is 27.6 Å². The normalized spacial score (nSPS) is 12.2. The second-order valence-electron chi connectivity index (χ2n) is 6.97. The summed E-state index contributed by atoms with van der Waals surface area (Å²) in [7, 11) is -4.09. The maximum Gasteiger partial charge on any atom is 0.271 e. The van der Waals surface area contributed by atoms with Gasteiger partial charge in [-0.1, -0.05) is 24.3 Å². The van der Waals surface area contributed by atoms with Crippen molar-refractivity contribution in [3.63, 3.8) is 0 Å². The van der Waals surface area contributed by atoms with E-state index in [1.165, 1.54) is 42.9 Å². The minimum atomic E-state index is -4.09. The van der Waals surface area contributed by atoms with Crippen LogP contribution < -0.4 is 0 Å². The topological polar surface area (TPSA) is 119 Å². The van der Waals surface area contributed by atoms with Gasteiger partial charge in [-0.15, -0.1) is 6.58 Å². The Morgan fingerprint density at radius 1 is 1.19 bits per heavy atom. The van der Waals surface area contributed by atoms with Gasteiger partial charge in [-0.25, -0.2) is 12.4 Å². The smallest absolute Gasteiger partial charge is 0.264 e. The molecule has 0 N–H and O–H groups in total. The summed E-state index contributed by atoms with van der Waals surface area (Å²) in [6.45, 7) is 3.68. The Morgan fingerprint density at radius 3 is 2.53 bits per heavy atom. The number of nitro groups is 1. The number of fused-ring (bicyclic) bond motifs is 1. The molecule has 32 heavy (non-hydrogen) atoms. The Morgan fingerprint density at radius 2 is 1.94 bits per heavy atom. The van der Waals surface area contributed by atoms with Crippen molar-refractivity contribution >= 4 is 26.6 Å². The fraction of sp³-hybridized carbons (Fsp3) is 0.0435. The van der Waals surface area contributed by atoms with Crippen molar-refractivity contribution in [2.24, 2.45) is 0 Å². The first-order valence-electron chi connectivity index (χ1n) is 9.43. The number of aromatic nitrogens is 2. The van der Waals surface area contributed by atoms with Crippen LogP contribution in [0.2, 0.25) is 0 Å². The van der Waals surface area contributed by atoms with Crippen molar-refractivity contribution in [3.8, 4) is 17.2 Å². The molecule has 0 spiro atoms. The first-order valence-corrected chi connectivity index (χ1v) is 10.9. The molecule has 4 rings (SSSR count). The van der Waals surface area contributed by atoms with Crippen LogP contribution in [0, 0.1) is 21.4 Å². The Hall–Kier alpha value is -4.29. The molecule has 0 saturated carbocycles. The van der Waals surface area contributed by atoms with Crippen LogP contribution in [-0.4, -0.2) is 22.3 Å². The third kappa shape index (κ3) is 3.53. The average molecular weight is 444 g/mol. The zero-order chi connectivity index (χ0) is 22.9. The Labute approximate surface area is 183 Å². The summed E-state index contributed by atoms with van der Waals surface area (Å²) in [6, 6.07) is 16.1. The number of benzene rings is 2. The van der Waals surface area contributed by atoms with E-state index in [1.807, 2.05) is 6.07 Å². The molecule has 0 aliphatic rings. The molecule has 0 amide bonds. The van der Waals surface area contributed by atoms with Crippen LogP contribution in [0.4, 0.5) is 5.69 Å². The highest BCUT2D eigenvalue weighted by molar-refractivity contribution is 7.90. The lowest BCUT2D eigenvalue weighted by molar-refractivity contribution is -0.384. The van der Waals surface area contributed by atoms with Crippen molar-refractivity contribution in [1.82, 2.24) is 8.96 Å². The summed E-state index contributed by atoms with van der Waals surface area (Å²) in [5.74, 6) is 0. The maximum atomic E-state index is 13.7. The molecule has 1 unspecified atom stereocenters. The average Bonchev–Trinajstić information content (AvgIpc) is 3.20. The number of nitrogens with zero attached hydrogens (tertiary/aromatic N) is 4. The largest absolute Gasteiger partial charge is 0.271 e. The van der Waals surface area contributed by atoms with Gasteiger partial charge in [0.25, 0.3) is 5.69 Å². The SMILES string of the molecule is C=CC(c1cccnc1)S(=O)(=O)n1cc(-c2ccc(C#N)cc2)c2ccc([N+](=O)[O-])cc21. The van der Waals surface area contributed by atoms with Crippen LogP contribution in [0.3, 0.4) is 0 Å². The molecule has 0 radical (unpaired) electrons. The molecule has 0 saturated heterocycles. The molecule has 9 heteroatoms. The van der Waals surface area contributed by atoms with E-state index in [9.17, 15) is 18.5 Å². The second kappa shape index (κ2) is 8.09. The maximum absolute atomic E-state index is 13.7. The predicted octanol–water partition coefficient (Wildman–Crippen LogP) is 4.59. The summed E-state index contributed by atoms with van der Waals surface area (Å²) >= 11 is 0. The van der Waals surface area contributed by atoms with Crippen molar-refractivity contribution in [1.29, 1.82) is 5.26 Å². The lowest BCUT2D eigenvalue weighted by Crippen LogP contribution is -2.19. The molecule has 2 aromatic carbocycles. The van der Waals surface area contributed by atoms with Crippen LogP contribution in [-0.2, 0) is 10.0 Å². The molecule has 2 aromatic heterocycles. The molecule has 8 nitrogen and oxygen atoms in total. The van der Waals surface area contributed by atoms with Gasteiger partial charge in [-0.3, -0.25) is 15.1 Å². The van der Waals surface area contributed by atoms with Crippen LogP contribution in [0.15, 0.2) is 85.8 Å². The highest BCUT2D eigenvalue weighted by Gasteiger charge is 2.29. The van der Waals surface area contributed by atoms with Crippen molar-refractivity contribution < 1.29 is 13.3 Å². The first-order chi connectivity index (χ1) is 15.4. The van der Waals surface area contributed by atoms with E-state index in [1.54, 1.807) is 36.4 Å². The lowest BCUT2D eigenvalue weighted by Gasteiger charge is -2.15. The molecular weight excluding hydrogens is 428 g/mol. The summed E-state index contributed by atoms with van der Waals surface area (Å²) < 4.78 is 28.4. The second-order valence-corrected chi connectivity index (χ2v) is 8.91. The monoisotopic (exact) mass is 444 g/mol. The summed E-state index contributed by atoms with van der Waals surface area (Å²) in [6.07, 6.45) is 5.72. The van der Waals surface area contributed by atoms with E-state index in [-0.39, 0.29) is 11.2 Å². The fourth-order valence-electron chi connectivity index (χ4n) is 3.56. The van der Waals surface area contributed by atoms with Crippen molar-refractivity contribution in [2.75, 3.05) is 0 Å². The molecule has 0 aliphatic heterocycles. The molecular formula is C23H16N4O4S. The number of hydrogen-bond donors (Lipinski definition) is 0. The zero-order valence-electron chi connectivity index (χ0n) is 16.6. The summed E-state index contributed by atoms with van der Waals surface area (Å²) in [4.78, 5) is 14.8. The lowest BCUT2D eigenvalue weighted by atomic mass is 10.0. The van der Waals surface area contributed by atoms with Crippen molar-refractivity contribution in [3.05, 3.63) is 107 Å². The van der Waals surface area contributed by atoms with Crippen LogP contribution in [0.1, 0.15) is 16.4 Å². The highest BCUT2D eigenvalue weighted by Crippen LogP contribution is 2.36. The van der Waals surface area contributed by atoms with Gasteiger partial charge in [0, 0.05) is 41.7 Å². The summed E-state index contributed by atoms with van der Waals surface area (Å²) in [5.41, 5.74) is 2.08. The van der Waals surface area contributed by atoms with E-state index in [0.717, 1.165) is 3.97 Å². The molecule has 4 aromatic rings. The van der Waals surface area contributed by atoms with Gasteiger partial charge in [0.15, 0.2) is 0 Å². The number of rotatable bonds is 6. The van der Waals surface area contributed by atoms with Gasteiger partial charge in [0.05, 0.1) is 22.1 Å². The molecule has 0 bridgehead atoms. The van der Waals surface area contributed by atoms with Crippen LogP contribution >= 0.6 is 0 Å². The van der Waals surface area contributed by atoms with Gasteiger partial charge >= 0.3 is 0 Å². The van der Waals surface area contributed by atoms with Crippen LogP contribution in [0.5, 0.6) is 0 Å². The van der Waals surface area contributed by atoms with Crippen molar-refractivity contribution in [2.45, 2.75) is 5.25 Å². The number of pyridine rings is 1. The van der Waals surface area contributed by atoms with Gasteiger partial charge in [0.1, 0.15) is 5.25 Å². The molecule has 0 fully saturated rings. The molecule has 0 aliphatic carbocycles. The zero-order valence-corrected chi connectivity index (χ0v) is 17.4. The third-order valence-electron chi connectivity index (χ3n) is 5.11. The Balaban J connectivity index is 1.99. The van der Waals surface area contributed by atoms with E-state index in [2.05, 4.69) is 11.6 Å². The van der Waals surface area contributed by atoms with Gasteiger partial charge in [0.2, 0.25) is 10.0 Å². The molecule has 2 heterocycles. The minimum absolute atomic E-state index is 0.175. The van der Waals surface area contributed by atoms with Gasteiger partial charge in [-0.05, 0) is 35.4 Å². The minimum Gasteiger partial charge on any atom is -0.264 e. The summed E-state index contributed by atoms with van der Waals surface area (Å²) in [5, 5.41) is 19.8. The van der Waals surface area contributed by atoms with E-state index >= 15 is 0 Å².